The minimum absolute atomic E-state index is 0.0918. The van der Waals surface area contributed by atoms with E-state index < -0.39 is 35.3 Å². The Labute approximate surface area is 161 Å². The Morgan fingerprint density at radius 2 is 1.96 bits per heavy atom. The molecule has 3 aliphatic rings. The highest BCUT2D eigenvalue weighted by Gasteiger charge is 2.46. The maximum absolute atomic E-state index is 13.0. The van der Waals surface area contributed by atoms with Gasteiger partial charge in [-0.1, -0.05) is 12.1 Å². The standard InChI is InChI=1S/C19H22N4O5/c1-20-8-19(28)9-22(10-19)7-11-3-2-4-12-15(11)18(27)23(17(12)26)13-5-6-14(24)21-16(13)25/h2-4,13,20,28H,5-10H2,1H3,(H,21,24,25). The fourth-order valence-corrected chi connectivity index (χ4v) is 4.30. The van der Waals surface area contributed by atoms with E-state index in [1.165, 1.54) is 0 Å². The Hall–Kier alpha value is -2.62. The number of piperidine rings is 1. The van der Waals surface area contributed by atoms with Gasteiger partial charge in [0.05, 0.1) is 11.1 Å². The number of nitrogens with one attached hydrogen (secondary N) is 2. The van der Waals surface area contributed by atoms with Crippen molar-refractivity contribution in [2.45, 2.75) is 31.0 Å². The van der Waals surface area contributed by atoms with Gasteiger partial charge in [0.1, 0.15) is 11.6 Å². The molecule has 0 radical (unpaired) electrons. The molecule has 2 fully saturated rings. The van der Waals surface area contributed by atoms with E-state index in [4.69, 9.17) is 0 Å². The van der Waals surface area contributed by atoms with Crippen LogP contribution in [0.15, 0.2) is 18.2 Å². The van der Waals surface area contributed by atoms with Crippen LogP contribution in [0.4, 0.5) is 0 Å². The molecule has 3 N–H and O–H groups in total. The molecule has 4 rings (SSSR count). The zero-order valence-electron chi connectivity index (χ0n) is 15.5. The predicted molar refractivity (Wildman–Crippen MR) is 97.3 cm³/mol. The van der Waals surface area contributed by atoms with Gasteiger partial charge in [0.2, 0.25) is 11.8 Å². The summed E-state index contributed by atoms with van der Waals surface area (Å²) in [7, 11) is 1.78. The minimum Gasteiger partial charge on any atom is -0.386 e. The largest absolute Gasteiger partial charge is 0.386 e. The van der Waals surface area contributed by atoms with E-state index in [9.17, 15) is 24.3 Å². The molecule has 9 nitrogen and oxygen atoms in total. The Kier molecular flexibility index (Phi) is 4.53. The lowest BCUT2D eigenvalue weighted by molar-refractivity contribution is -0.136. The number of amides is 4. The van der Waals surface area contributed by atoms with Crippen molar-refractivity contribution >= 4 is 23.6 Å². The Morgan fingerprint density at radius 3 is 2.64 bits per heavy atom. The number of aliphatic hydroxyl groups is 1. The van der Waals surface area contributed by atoms with Crippen molar-refractivity contribution in [3.05, 3.63) is 34.9 Å². The van der Waals surface area contributed by atoms with Crippen LogP contribution in [0.5, 0.6) is 0 Å². The smallest absolute Gasteiger partial charge is 0.262 e. The van der Waals surface area contributed by atoms with E-state index in [0.717, 1.165) is 4.90 Å². The number of nitrogens with zero attached hydrogens (tertiary/aromatic N) is 2. The fraction of sp³-hybridized carbons (Fsp3) is 0.474. The maximum Gasteiger partial charge on any atom is 0.262 e. The highest BCUT2D eigenvalue weighted by Crippen LogP contribution is 2.32. The highest BCUT2D eigenvalue weighted by atomic mass is 16.3. The quantitative estimate of drug-likeness (QED) is 0.547. The van der Waals surface area contributed by atoms with Gasteiger partial charge in [0.25, 0.3) is 11.8 Å². The van der Waals surface area contributed by atoms with Crippen molar-refractivity contribution in [2.24, 2.45) is 0 Å². The van der Waals surface area contributed by atoms with Crippen LogP contribution in [0.3, 0.4) is 0 Å². The van der Waals surface area contributed by atoms with Crippen LogP contribution in [-0.2, 0) is 16.1 Å². The number of benzene rings is 1. The van der Waals surface area contributed by atoms with Crippen LogP contribution >= 0.6 is 0 Å². The third-order valence-corrected chi connectivity index (χ3v) is 5.49. The molecule has 148 valence electrons. The third-order valence-electron chi connectivity index (χ3n) is 5.49. The van der Waals surface area contributed by atoms with Crippen molar-refractivity contribution in [2.75, 3.05) is 26.7 Å². The SMILES string of the molecule is CNCC1(O)CN(Cc2cccc3c2C(=O)N(C2CCC(=O)NC2=O)C3=O)C1. The van der Waals surface area contributed by atoms with Crippen LogP contribution in [0, 0.1) is 0 Å². The first-order valence-corrected chi connectivity index (χ1v) is 9.26. The number of likely N-dealkylation sites (N-methyl/N-ethyl adjacent to an activating group) is 1. The van der Waals surface area contributed by atoms with Gasteiger partial charge in [-0.25, -0.2) is 0 Å². The molecule has 3 heterocycles. The van der Waals surface area contributed by atoms with Crippen LogP contribution in [0.1, 0.15) is 39.1 Å². The van der Waals surface area contributed by atoms with E-state index in [1.54, 1.807) is 25.2 Å². The highest BCUT2D eigenvalue weighted by molar-refractivity contribution is 6.24. The average Bonchev–Trinajstić information content (AvgIpc) is 2.86. The lowest BCUT2D eigenvalue weighted by Gasteiger charge is -2.46. The molecule has 28 heavy (non-hydrogen) atoms. The van der Waals surface area contributed by atoms with Crippen LogP contribution in [0.2, 0.25) is 0 Å². The van der Waals surface area contributed by atoms with Crippen molar-refractivity contribution in [1.82, 2.24) is 20.4 Å². The molecule has 1 aromatic rings. The molecule has 1 atom stereocenters. The maximum atomic E-state index is 13.0. The number of imide groups is 2. The number of hydrogen-bond donors (Lipinski definition) is 3. The lowest BCUT2D eigenvalue weighted by Crippen LogP contribution is -2.65. The molecular formula is C19H22N4O5. The zero-order chi connectivity index (χ0) is 20.1. The molecule has 1 unspecified atom stereocenters. The van der Waals surface area contributed by atoms with Gasteiger partial charge in [0.15, 0.2) is 0 Å². The van der Waals surface area contributed by atoms with E-state index in [0.29, 0.717) is 37.3 Å². The lowest BCUT2D eigenvalue weighted by atomic mass is 9.92. The van der Waals surface area contributed by atoms with E-state index in [1.807, 2.05) is 4.90 Å². The molecule has 2 saturated heterocycles. The molecule has 9 heteroatoms. The topological polar surface area (TPSA) is 119 Å². The molecular weight excluding hydrogens is 364 g/mol. The number of carbonyl (C=O) groups is 4. The Bertz CT molecular complexity index is 877. The van der Waals surface area contributed by atoms with E-state index in [2.05, 4.69) is 10.6 Å². The zero-order valence-corrected chi connectivity index (χ0v) is 15.5. The normalized spacial score (nSPS) is 24.2. The fourth-order valence-electron chi connectivity index (χ4n) is 4.30. The molecule has 0 aliphatic carbocycles. The Morgan fingerprint density at radius 1 is 1.21 bits per heavy atom. The number of hydrogen-bond acceptors (Lipinski definition) is 7. The van der Waals surface area contributed by atoms with Gasteiger partial charge in [0, 0.05) is 32.6 Å². The molecule has 0 spiro atoms. The molecule has 0 bridgehead atoms. The van der Waals surface area contributed by atoms with Crippen LogP contribution < -0.4 is 10.6 Å². The Balaban J connectivity index is 1.55. The summed E-state index contributed by atoms with van der Waals surface area (Å²) >= 11 is 0. The van der Waals surface area contributed by atoms with E-state index in [-0.39, 0.29) is 18.4 Å². The summed E-state index contributed by atoms with van der Waals surface area (Å²) in [4.78, 5) is 52.4. The summed E-state index contributed by atoms with van der Waals surface area (Å²) in [5, 5.41) is 15.5. The first-order chi connectivity index (χ1) is 13.3. The summed E-state index contributed by atoms with van der Waals surface area (Å²) in [6, 6.07) is 4.11. The summed E-state index contributed by atoms with van der Waals surface area (Å²) in [5.74, 6) is -2.03. The molecule has 0 saturated carbocycles. The van der Waals surface area contributed by atoms with Crippen molar-refractivity contribution in [3.63, 3.8) is 0 Å². The molecule has 0 aromatic heterocycles. The number of rotatable bonds is 5. The second-order valence-electron chi connectivity index (χ2n) is 7.69. The van der Waals surface area contributed by atoms with Gasteiger partial charge in [-0.2, -0.15) is 0 Å². The third kappa shape index (κ3) is 3.01. The van der Waals surface area contributed by atoms with Gasteiger partial charge in [-0.3, -0.25) is 34.3 Å². The number of β-amino-alcohol motifs (C(OH)–C–C–N with tert-alkyl or cyclic N) is 1. The first kappa shape index (κ1) is 18.7. The number of fused-ring (bicyclic) bond motifs is 1. The minimum atomic E-state index is -0.970. The van der Waals surface area contributed by atoms with Crippen molar-refractivity contribution in [1.29, 1.82) is 0 Å². The summed E-state index contributed by atoms with van der Waals surface area (Å²) < 4.78 is 0. The van der Waals surface area contributed by atoms with Gasteiger partial charge < -0.3 is 10.4 Å². The van der Waals surface area contributed by atoms with Crippen molar-refractivity contribution < 1.29 is 24.3 Å². The second-order valence-corrected chi connectivity index (χ2v) is 7.69. The number of likely N-dealkylation sites (tertiary alicyclic amines) is 1. The predicted octanol–water partition coefficient (Wildman–Crippen LogP) is -1.15. The summed E-state index contributed by atoms with van der Waals surface area (Å²) in [5.41, 5.74) is 0.488. The second kappa shape index (κ2) is 6.77. The first-order valence-electron chi connectivity index (χ1n) is 9.26. The van der Waals surface area contributed by atoms with Gasteiger partial charge in [-0.15, -0.1) is 0 Å². The molecule has 4 amide bonds. The van der Waals surface area contributed by atoms with Crippen LogP contribution in [0.25, 0.3) is 0 Å². The van der Waals surface area contributed by atoms with Gasteiger partial charge >= 0.3 is 0 Å². The van der Waals surface area contributed by atoms with E-state index >= 15 is 0 Å². The monoisotopic (exact) mass is 386 g/mol. The molecule has 1 aromatic carbocycles. The summed E-state index contributed by atoms with van der Waals surface area (Å²) in [6.45, 7) is 1.85. The van der Waals surface area contributed by atoms with Gasteiger partial charge in [-0.05, 0) is 25.1 Å². The van der Waals surface area contributed by atoms with Crippen LogP contribution in [-0.4, -0.2) is 76.9 Å². The van der Waals surface area contributed by atoms with Crippen molar-refractivity contribution in [3.8, 4) is 0 Å². The number of carbonyl (C=O) groups excluding carboxylic acids is 4. The average molecular weight is 386 g/mol. The molecule has 3 aliphatic heterocycles. The summed E-state index contributed by atoms with van der Waals surface area (Å²) in [6.07, 6.45) is 0.225.